The van der Waals surface area contributed by atoms with Crippen molar-refractivity contribution < 1.29 is 4.79 Å². The molecule has 21 heavy (non-hydrogen) atoms. The number of carbonyl (C=O) groups excluding carboxylic acids is 1. The highest BCUT2D eigenvalue weighted by atomic mass is 16.1. The summed E-state index contributed by atoms with van der Waals surface area (Å²) in [4.78, 5) is 14.4. The molecule has 1 aliphatic heterocycles. The van der Waals surface area contributed by atoms with Gasteiger partial charge in [-0.2, -0.15) is 0 Å². The predicted molar refractivity (Wildman–Crippen MR) is 86.2 cm³/mol. The van der Waals surface area contributed by atoms with Crippen LogP contribution in [0.25, 0.3) is 0 Å². The Morgan fingerprint density at radius 3 is 2.67 bits per heavy atom. The van der Waals surface area contributed by atoms with E-state index in [9.17, 15) is 4.79 Å². The highest BCUT2D eigenvalue weighted by Crippen LogP contribution is 2.18. The smallest absolute Gasteiger partial charge is 0.224 e. The first-order chi connectivity index (χ1) is 10.1. The summed E-state index contributed by atoms with van der Waals surface area (Å²) in [7, 11) is 4.11. The number of hydrogen-bond donors (Lipinski definition) is 2. The molecule has 0 saturated carbocycles. The molecule has 0 radical (unpaired) electrons. The van der Waals surface area contributed by atoms with Crippen molar-refractivity contribution in [3.63, 3.8) is 0 Å². The quantitative estimate of drug-likeness (QED) is 0.867. The van der Waals surface area contributed by atoms with Crippen LogP contribution in [0, 0.1) is 12.8 Å². The average Bonchev–Trinajstić information content (AvgIpc) is 2.49. The zero-order valence-corrected chi connectivity index (χ0v) is 13.4. The third-order valence-electron chi connectivity index (χ3n) is 4.22. The lowest BCUT2D eigenvalue weighted by Gasteiger charge is -2.27. The third kappa shape index (κ3) is 4.55. The van der Waals surface area contributed by atoms with Crippen molar-refractivity contribution >= 4 is 5.91 Å². The second-order valence-corrected chi connectivity index (χ2v) is 6.18. The Hall–Kier alpha value is -1.39. The van der Waals surface area contributed by atoms with Crippen LogP contribution in [0.15, 0.2) is 24.3 Å². The van der Waals surface area contributed by atoms with Crippen molar-refractivity contribution in [3.8, 4) is 0 Å². The number of benzene rings is 1. The van der Waals surface area contributed by atoms with Crippen LogP contribution < -0.4 is 10.6 Å². The fourth-order valence-corrected chi connectivity index (χ4v) is 2.80. The van der Waals surface area contributed by atoms with E-state index in [2.05, 4.69) is 60.8 Å². The fraction of sp³-hybridized carbons (Fsp3) is 0.588. The molecule has 1 aromatic rings. The van der Waals surface area contributed by atoms with Crippen molar-refractivity contribution in [1.29, 1.82) is 0 Å². The average molecular weight is 289 g/mol. The van der Waals surface area contributed by atoms with Crippen LogP contribution in [0.2, 0.25) is 0 Å². The first kappa shape index (κ1) is 16.0. The largest absolute Gasteiger partial charge is 0.354 e. The van der Waals surface area contributed by atoms with Crippen LogP contribution >= 0.6 is 0 Å². The van der Waals surface area contributed by atoms with E-state index < -0.39 is 0 Å². The standard InChI is InChI=1S/C17H27N3O/c1-13-6-8-14(9-7-13)16(20(2)3)12-19-17(21)15-5-4-10-18-11-15/h6-9,15-16,18H,4-5,10-12H2,1-3H3,(H,19,21). The van der Waals surface area contributed by atoms with Crippen molar-refractivity contribution in [1.82, 2.24) is 15.5 Å². The number of amides is 1. The van der Waals surface area contributed by atoms with Gasteiger partial charge < -0.3 is 15.5 Å². The van der Waals surface area contributed by atoms with Gasteiger partial charge in [0.1, 0.15) is 0 Å². The van der Waals surface area contributed by atoms with E-state index >= 15 is 0 Å². The van der Waals surface area contributed by atoms with Crippen LogP contribution in [0.4, 0.5) is 0 Å². The number of hydrogen-bond acceptors (Lipinski definition) is 3. The van der Waals surface area contributed by atoms with Gasteiger partial charge in [0.05, 0.1) is 12.0 Å². The molecule has 116 valence electrons. The molecule has 0 aliphatic carbocycles. The second kappa shape index (κ2) is 7.57. The number of piperidine rings is 1. The molecule has 1 amide bonds. The molecule has 1 saturated heterocycles. The van der Waals surface area contributed by atoms with E-state index in [-0.39, 0.29) is 17.9 Å². The fourth-order valence-electron chi connectivity index (χ4n) is 2.80. The summed E-state index contributed by atoms with van der Waals surface area (Å²) in [6, 6.07) is 8.76. The van der Waals surface area contributed by atoms with Gasteiger partial charge in [0, 0.05) is 13.1 Å². The third-order valence-corrected chi connectivity index (χ3v) is 4.22. The Bertz CT molecular complexity index is 450. The summed E-state index contributed by atoms with van der Waals surface area (Å²) < 4.78 is 0. The summed E-state index contributed by atoms with van der Waals surface area (Å²) >= 11 is 0. The number of nitrogens with zero attached hydrogens (tertiary/aromatic N) is 1. The van der Waals surface area contributed by atoms with Gasteiger partial charge in [-0.25, -0.2) is 0 Å². The molecule has 2 rings (SSSR count). The highest BCUT2D eigenvalue weighted by Gasteiger charge is 2.22. The minimum atomic E-state index is 0.125. The Morgan fingerprint density at radius 2 is 2.10 bits per heavy atom. The van der Waals surface area contributed by atoms with Crippen molar-refractivity contribution in [2.24, 2.45) is 5.92 Å². The molecular weight excluding hydrogens is 262 g/mol. The van der Waals surface area contributed by atoms with Crippen LogP contribution in [0.5, 0.6) is 0 Å². The molecule has 4 heteroatoms. The van der Waals surface area contributed by atoms with E-state index in [1.54, 1.807) is 0 Å². The van der Waals surface area contributed by atoms with Crippen LogP contribution in [0.3, 0.4) is 0 Å². The van der Waals surface area contributed by atoms with Gasteiger partial charge >= 0.3 is 0 Å². The van der Waals surface area contributed by atoms with Gasteiger partial charge in [-0.15, -0.1) is 0 Å². The summed E-state index contributed by atoms with van der Waals surface area (Å²) in [5.41, 5.74) is 2.50. The van der Waals surface area contributed by atoms with Crippen LogP contribution in [-0.4, -0.2) is 44.5 Å². The van der Waals surface area contributed by atoms with E-state index in [1.807, 2.05) is 0 Å². The Morgan fingerprint density at radius 1 is 1.38 bits per heavy atom. The number of rotatable bonds is 5. The van der Waals surface area contributed by atoms with E-state index in [4.69, 9.17) is 0 Å². The monoisotopic (exact) mass is 289 g/mol. The molecule has 1 aliphatic rings. The Balaban J connectivity index is 1.93. The zero-order chi connectivity index (χ0) is 15.2. The molecule has 0 bridgehead atoms. The number of likely N-dealkylation sites (N-methyl/N-ethyl adjacent to an activating group) is 1. The topological polar surface area (TPSA) is 44.4 Å². The minimum absolute atomic E-state index is 0.125. The molecule has 1 fully saturated rings. The first-order valence-electron chi connectivity index (χ1n) is 7.79. The molecule has 1 aromatic carbocycles. The summed E-state index contributed by atoms with van der Waals surface area (Å²) in [5.74, 6) is 0.306. The molecule has 1 heterocycles. The summed E-state index contributed by atoms with van der Waals surface area (Å²) in [6.45, 7) is 4.59. The molecule has 0 aromatic heterocycles. The summed E-state index contributed by atoms with van der Waals surface area (Å²) in [5, 5.41) is 6.42. The van der Waals surface area contributed by atoms with E-state index in [1.165, 1.54) is 11.1 Å². The number of carbonyl (C=O) groups is 1. The molecule has 2 N–H and O–H groups in total. The van der Waals surface area contributed by atoms with Crippen molar-refractivity contribution in [3.05, 3.63) is 35.4 Å². The van der Waals surface area contributed by atoms with Gasteiger partial charge in [0.15, 0.2) is 0 Å². The Kier molecular flexibility index (Phi) is 5.76. The van der Waals surface area contributed by atoms with Crippen LogP contribution in [0.1, 0.15) is 30.0 Å². The van der Waals surface area contributed by atoms with E-state index in [0.717, 1.165) is 25.9 Å². The maximum absolute atomic E-state index is 12.2. The lowest BCUT2D eigenvalue weighted by atomic mass is 9.98. The minimum Gasteiger partial charge on any atom is -0.354 e. The van der Waals surface area contributed by atoms with Gasteiger partial charge in [-0.1, -0.05) is 29.8 Å². The van der Waals surface area contributed by atoms with Crippen molar-refractivity contribution in [2.75, 3.05) is 33.7 Å². The zero-order valence-electron chi connectivity index (χ0n) is 13.4. The highest BCUT2D eigenvalue weighted by molar-refractivity contribution is 5.79. The lowest BCUT2D eigenvalue weighted by Crippen LogP contribution is -2.43. The molecule has 2 unspecified atom stereocenters. The van der Waals surface area contributed by atoms with Gasteiger partial charge in [-0.05, 0) is 46.0 Å². The van der Waals surface area contributed by atoms with Gasteiger partial charge in [0.25, 0.3) is 0 Å². The van der Waals surface area contributed by atoms with Crippen LogP contribution in [-0.2, 0) is 4.79 Å². The summed E-state index contributed by atoms with van der Waals surface area (Å²) in [6.07, 6.45) is 2.09. The second-order valence-electron chi connectivity index (χ2n) is 6.18. The van der Waals surface area contributed by atoms with Gasteiger partial charge in [-0.3, -0.25) is 4.79 Å². The molecule has 2 atom stereocenters. The number of aryl methyl sites for hydroxylation is 1. The number of nitrogens with one attached hydrogen (secondary N) is 2. The predicted octanol–water partition coefficient (Wildman–Crippen LogP) is 1.71. The Labute approximate surface area is 127 Å². The normalized spacial score (nSPS) is 20.3. The lowest BCUT2D eigenvalue weighted by molar-refractivity contribution is -0.125. The molecule has 0 spiro atoms. The SMILES string of the molecule is Cc1ccc(C(CNC(=O)C2CCCNC2)N(C)C)cc1. The maximum atomic E-state index is 12.2. The first-order valence-corrected chi connectivity index (χ1v) is 7.79. The van der Waals surface area contributed by atoms with Crippen molar-refractivity contribution in [2.45, 2.75) is 25.8 Å². The maximum Gasteiger partial charge on any atom is 0.224 e. The van der Waals surface area contributed by atoms with Gasteiger partial charge in [0.2, 0.25) is 5.91 Å². The molecule has 4 nitrogen and oxygen atoms in total. The van der Waals surface area contributed by atoms with E-state index in [0.29, 0.717) is 6.54 Å². The molecular formula is C17H27N3O.